The van der Waals surface area contributed by atoms with Crippen LogP contribution in [-0.4, -0.2) is 6.21 Å². The molecule has 0 amide bonds. The first kappa shape index (κ1) is 13.5. The van der Waals surface area contributed by atoms with Crippen molar-refractivity contribution in [1.82, 2.24) is 0 Å². The molecule has 0 saturated carbocycles. The topological polar surface area (TPSA) is 21.6 Å². The third-order valence-electron chi connectivity index (χ3n) is 2.35. The fourth-order valence-corrected chi connectivity index (χ4v) is 1.64. The molecule has 0 saturated heterocycles. The highest BCUT2D eigenvalue weighted by atomic mass is 35.5. The molecule has 2 aromatic rings. The van der Waals surface area contributed by atoms with Crippen LogP contribution in [0.5, 0.6) is 0 Å². The van der Waals surface area contributed by atoms with Crippen LogP contribution in [-0.2, 0) is 11.4 Å². The molecule has 98 valence electrons. The van der Waals surface area contributed by atoms with Gasteiger partial charge in [-0.15, -0.1) is 0 Å². The van der Waals surface area contributed by atoms with Gasteiger partial charge in [-0.05, 0) is 35.9 Å². The number of oxime groups is 1. The molecule has 0 unspecified atom stereocenters. The Labute approximate surface area is 114 Å². The highest BCUT2D eigenvalue weighted by molar-refractivity contribution is 6.30. The summed E-state index contributed by atoms with van der Waals surface area (Å²) in [6.07, 6.45) is 1.45. The van der Waals surface area contributed by atoms with Crippen LogP contribution >= 0.6 is 11.6 Å². The summed E-state index contributed by atoms with van der Waals surface area (Å²) in [7, 11) is 0. The third-order valence-corrected chi connectivity index (χ3v) is 2.59. The molecule has 0 N–H and O–H groups in total. The average Bonchev–Trinajstić information content (AvgIpc) is 2.39. The summed E-state index contributed by atoms with van der Waals surface area (Å²) in [4.78, 5) is 4.92. The summed E-state index contributed by atoms with van der Waals surface area (Å²) in [6.45, 7) is -0.138. The lowest BCUT2D eigenvalue weighted by atomic mass is 10.2. The fraction of sp³-hybridized carbons (Fsp3) is 0.0714. The van der Waals surface area contributed by atoms with Gasteiger partial charge in [0.05, 0.1) is 6.21 Å². The molecule has 0 aliphatic carbocycles. The quantitative estimate of drug-likeness (QED) is 0.609. The Morgan fingerprint density at radius 3 is 2.79 bits per heavy atom. The monoisotopic (exact) mass is 281 g/mol. The zero-order valence-electron chi connectivity index (χ0n) is 9.82. The lowest BCUT2D eigenvalue weighted by Crippen LogP contribution is -1.94. The van der Waals surface area contributed by atoms with Crippen molar-refractivity contribution in [3.8, 4) is 0 Å². The van der Waals surface area contributed by atoms with E-state index in [1.54, 1.807) is 24.3 Å². The van der Waals surface area contributed by atoms with Gasteiger partial charge in [-0.2, -0.15) is 0 Å². The number of halogens is 3. The van der Waals surface area contributed by atoms with Gasteiger partial charge in [-0.1, -0.05) is 28.9 Å². The van der Waals surface area contributed by atoms with Gasteiger partial charge >= 0.3 is 0 Å². The number of hydrogen-bond acceptors (Lipinski definition) is 2. The zero-order valence-corrected chi connectivity index (χ0v) is 10.6. The molecule has 0 bridgehead atoms. The smallest absolute Gasteiger partial charge is 0.145 e. The highest BCUT2D eigenvalue weighted by Crippen LogP contribution is 2.11. The molecule has 2 aromatic carbocycles. The summed E-state index contributed by atoms with van der Waals surface area (Å²) in [5.41, 5.74) is 0.871. The van der Waals surface area contributed by atoms with Crippen molar-refractivity contribution >= 4 is 17.8 Å². The van der Waals surface area contributed by atoms with Crippen LogP contribution in [0.2, 0.25) is 5.02 Å². The largest absolute Gasteiger partial charge is 0.391 e. The minimum absolute atomic E-state index is 0.114. The van der Waals surface area contributed by atoms with Gasteiger partial charge < -0.3 is 4.84 Å². The van der Waals surface area contributed by atoms with Crippen LogP contribution in [0.25, 0.3) is 0 Å². The Bertz CT molecular complexity index is 602. The van der Waals surface area contributed by atoms with E-state index in [1.807, 2.05) is 0 Å². The summed E-state index contributed by atoms with van der Waals surface area (Å²) in [5, 5.41) is 4.26. The van der Waals surface area contributed by atoms with Crippen LogP contribution in [0.1, 0.15) is 11.1 Å². The Kier molecular flexibility index (Phi) is 4.47. The molecule has 2 nitrogen and oxygen atoms in total. The molecule has 5 heteroatoms. The minimum Gasteiger partial charge on any atom is -0.391 e. The lowest BCUT2D eigenvalue weighted by Gasteiger charge is -2.01. The first-order valence-electron chi connectivity index (χ1n) is 5.50. The molecule has 0 aliphatic heterocycles. The van der Waals surface area contributed by atoms with Gasteiger partial charge in [-0.25, -0.2) is 8.78 Å². The van der Waals surface area contributed by atoms with Gasteiger partial charge in [0.1, 0.15) is 18.2 Å². The predicted octanol–water partition coefficient (Wildman–Crippen LogP) is 4.17. The van der Waals surface area contributed by atoms with Gasteiger partial charge in [0, 0.05) is 10.6 Å². The lowest BCUT2D eigenvalue weighted by molar-refractivity contribution is 0.129. The van der Waals surface area contributed by atoms with Gasteiger partial charge in [-0.3, -0.25) is 0 Å². The highest BCUT2D eigenvalue weighted by Gasteiger charge is 2.03. The van der Waals surface area contributed by atoms with E-state index in [9.17, 15) is 8.78 Å². The Morgan fingerprint density at radius 1 is 1.16 bits per heavy atom. The second-order valence-corrected chi connectivity index (χ2v) is 4.24. The van der Waals surface area contributed by atoms with Crippen molar-refractivity contribution < 1.29 is 13.6 Å². The summed E-state index contributed by atoms with van der Waals surface area (Å²) >= 11 is 5.80. The summed E-state index contributed by atoms with van der Waals surface area (Å²) in [6, 6.07) is 10.2. The van der Waals surface area contributed by atoms with E-state index in [4.69, 9.17) is 16.4 Å². The predicted molar refractivity (Wildman–Crippen MR) is 70.2 cm³/mol. The molecule has 0 aliphatic rings. The van der Waals surface area contributed by atoms with E-state index < -0.39 is 11.6 Å². The molecule has 0 radical (unpaired) electrons. The molecule has 0 fully saturated rings. The Morgan fingerprint density at radius 2 is 2.00 bits per heavy atom. The summed E-state index contributed by atoms with van der Waals surface area (Å²) in [5.74, 6) is -1.04. The normalized spacial score (nSPS) is 10.9. The number of hydrogen-bond donors (Lipinski definition) is 0. The summed E-state index contributed by atoms with van der Waals surface area (Å²) < 4.78 is 26.1. The molecule has 0 atom stereocenters. The average molecular weight is 282 g/mol. The number of nitrogens with zero attached hydrogens (tertiary/aromatic N) is 1. The second-order valence-electron chi connectivity index (χ2n) is 3.80. The van der Waals surface area contributed by atoms with Crippen molar-refractivity contribution in [2.75, 3.05) is 0 Å². The molecule has 0 heterocycles. The molecule has 0 aromatic heterocycles. The first-order chi connectivity index (χ1) is 9.15. The van der Waals surface area contributed by atoms with Gasteiger partial charge in [0.25, 0.3) is 0 Å². The van der Waals surface area contributed by atoms with Gasteiger partial charge in [0.15, 0.2) is 0 Å². The molecule has 0 spiro atoms. The van der Waals surface area contributed by atoms with E-state index in [0.29, 0.717) is 5.02 Å². The van der Waals surface area contributed by atoms with Crippen molar-refractivity contribution in [1.29, 1.82) is 0 Å². The standard InChI is InChI=1S/C14H10ClF2NO/c15-12-3-1-2-10(6-12)8-18-19-9-11-7-13(16)4-5-14(11)17/h1-8H,9H2. The maximum atomic E-state index is 13.3. The van der Waals surface area contributed by atoms with Crippen molar-refractivity contribution in [2.45, 2.75) is 6.61 Å². The van der Waals surface area contributed by atoms with E-state index in [2.05, 4.69) is 5.16 Å². The molecule has 19 heavy (non-hydrogen) atoms. The van der Waals surface area contributed by atoms with Gasteiger partial charge in [0.2, 0.25) is 0 Å². The van der Waals surface area contributed by atoms with Crippen LogP contribution in [0.4, 0.5) is 8.78 Å². The molecular weight excluding hydrogens is 272 g/mol. The maximum Gasteiger partial charge on any atom is 0.145 e. The third kappa shape index (κ3) is 4.03. The molecular formula is C14H10ClF2NO. The van der Waals surface area contributed by atoms with Crippen molar-refractivity contribution in [2.24, 2.45) is 5.16 Å². The Balaban J connectivity index is 1.95. The number of rotatable bonds is 4. The van der Waals surface area contributed by atoms with E-state index in [0.717, 1.165) is 23.8 Å². The van der Waals surface area contributed by atoms with Crippen molar-refractivity contribution in [3.63, 3.8) is 0 Å². The van der Waals surface area contributed by atoms with Crippen LogP contribution in [0.3, 0.4) is 0 Å². The van der Waals surface area contributed by atoms with E-state index >= 15 is 0 Å². The van der Waals surface area contributed by atoms with Crippen LogP contribution < -0.4 is 0 Å². The van der Waals surface area contributed by atoms with Crippen LogP contribution in [0.15, 0.2) is 47.6 Å². The second kappa shape index (κ2) is 6.29. The fourth-order valence-electron chi connectivity index (χ4n) is 1.45. The zero-order chi connectivity index (χ0) is 13.7. The van der Waals surface area contributed by atoms with E-state index in [-0.39, 0.29) is 12.2 Å². The van der Waals surface area contributed by atoms with E-state index in [1.165, 1.54) is 6.21 Å². The Hall–Kier alpha value is -1.94. The number of benzene rings is 2. The maximum absolute atomic E-state index is 13.3. The van der Waals surface area contributed by atoms with Crippen molar-refractivity contribution in [3.05, 3.63) is 70.2 Å². The first-order valence-corrected chi connectivity index (χ1v) is 5.88. The minimum atomic E-state index is -0.528. The molecule has 2 rings (SSSR count). The SMILES string of the molecule is Fc1ccc(F)c(CON=Cc2cccc(Cl)c2)c1. The van der Waals surface area contributed by atoms with Crippen LogP contribution in [0, 0.1) is 11.6 Å².